The third kappa shape index (κ3) is 10.5. The van der Waals surface area contributed by atoms with Crippen LogP contribution in [0.3, 0.4) is 0 Å². The number of methoxy groups -OCH3 is 1. The fourth-order valence-corrected chi connectivity index (χ4v) is 4.15. The number of hydrogen-bond acceptors (Lipinski definition) is 5. The molecule has 0 fully saturated rings. The molecule has 0 bridgehead atoms. The van der Waals surface area contributed by atoms with Crippen LogP contribution in [0.4, 0.5) is 0 Å². The molecular formula is C17H38O5Si. The molecule has 0 aliphatic carbocycles. The molecule has 0 radical (unpaired) electrons. The number of hydrogen-bond donors (Lipinski definition) is 0. The third-order valence-electron chi connectivity index (χ3n) is 3.43. The Bertz CT molecular complexity index is 264. The van der Waals surface area contributed by atoms with Crippen molar-refractivity contribution in [1.82, 2.24) is 0 Å². The van der Waals surface area contributed by atoms with Crippen LogP contribution in [-0.2, 0) is 23.4 Å². The van der Waals surface area contributed by atoms with E-state index in [4.69, 9.17) is 23.4 Å². The van der Waals surface area contributed by atoms with E-state index in [0.717, 1.165) is 25.3 Å². The van der Waals surface area contributed by atoms with Crippen molar-refractivity contribution in [3.05, 3.63) is 0 Å². The van der Waals surface area contributed by atoms with E-state index >= 15 is 0 Å². The third-order valence-corrected chi connectivity index (χ3v) is 5.85. The molecule has 23 heavy (non-hydrogen) atoms. The van der Waals surface area contributed by atoms with Crippen LogP contribution >= 0.6 is 0 Å². The van der Waals surface area contributed by atoms with Gasteiger partial charge in [-0.15, -0.1) is 0 Å². The largest absolute Gasteiger partial charge is 0.393 e. The maximum absolute atomic E-state index is 6.05. The van der Waals surface area contributed by atoms with Crippen molar-refractivity contribution in [2.45, 2.75) is 84.8 Å². The predicted molar refractivity (Wildman–Crippen MR) is 95.9 cm³/mol. The lowest BCUT2D eigenvalue weighted by molar-refractivity contribution is -0.381. The molecule has 1 unspecified atom stereocenters. The summed E-state index contributed by atoms with van der Waals surface area (Å²) in [5.41, 5.74) is 0. The lowest BCUT2D eigenvalue weighted by atomic mass is 10.3. The molecule has 0 saturated heterocycles. The molecule has 0 aliphatic rings. The van der Waals surface area contributed by atoms with Gasteiger partial charge in [0.2, 0.25) is 0 Å². The SMILES string of the molecule is CCCOC(CC[Si](C)(C)OC(C)OC)(OCCC)OCCC. The molecule has 5 nitrogen and oxygen atoms in total. The second kappa shape index (κ2) is 12.4. The normalized spacial score (nSPS) is 14.2. The minimum Gasteiger partial charge on any atom is -0.393 e. The zero-order valence-corrected chi connectivity index (χ0v) is 17.3. The first-order chi connectivity index (χ1) is 10.8. The van der Waals surface area contributed by atoms with Gasteiger partial charge in [0.15, 0.2) is 8.32 Å². The van der Waals surface area contributed by atoms with Gasteiger partial charge in [-0.3, -0.25) is 0 Å². The van der Waals surface area contributed by atoms with Crippen molar-refractivity contribution < 1.29 is 23.4 Å². The van der Waals surface area contributed by atoms with Crippen molar-refractivity contribution in [2.24, 2.45) is 0 Å². The van der Waals surface area contributed by atoms with E-state index in [9.17, 15) is 0 Å². The maximum Gasteiger partial charge on any atom is 0.282 e. The first-order valence-corrected chi connectivity index (χ1v) is 12.1. The Labute approximate surface area is 144 Å². The zero-order valence-electron chi connectivity index (χ0n) is 16.3. The molecule has 0 heterocycles. The average Bonchev–Trinajstić information content (AvgIpc) is 2.53. The van der Waals surface area contributed by atoms with Crippen molar-refractivity contribution in [3.63, 3.8) is 0 Å². The summed E-state index contributed by atoms with van der Waals surface area (Å²) in [4.78, 5) is 0. The highest BCUT2D eigenvalue weighted by Crippen LogP contribution is 2.28. The summed E-state index contributed by atoms with van der Waals surface area (Å²) in [5, 5.41) is 0. The summed E-state index contributed by atoms with van der Waals surface area (Å²) >= 11 is 0. The van der Waals surface area contributed by atoms with Crippen LogP contribution in [0.15, 0.2) is 0 Å². The zero-order chi connectivity index (χ0) is 17.8. The van der Waals surface area contributed by atoms with E-state index < -0.39 is 14.3 Å². The Hall–Kier alpha value is 0.0169. The highest BCUT2D eigenvalue weighted by atomic mass is 28.4. The summed E-state index contributed by atoms with van der Waals surface area (Å²) in [7, 11) is -0.215. The van der Waals surface area contributed by atoms with Crippen LogP contribution in [0.5, 0.6) is 0 Å². The fourth-order valence-electron chi connectivity index (χ4n) is 2.12. The van der Waals surface area contributed by atoms with Gasteiger partial charge in [0, 0.05) is 13.5 Å². The van der Waals surface area contributed by atoms with Crippen LogP contribution in [0.2, 0.25) is 19.1 Å². The smallest absolute Gasteiger partial charge is 0.282 e. The molecular weight excluding hydrogens is 312 g/mol. The van der Waals surface area contributed by atoms with Gasteiger partial charge in [0.05, 0.1) is 19.8 Å². The number of ether oxygens (including phenoxy) is 4. The maximum atomic E-state index is 6.05. The van der Waals surface area contributed by atoms with Crippen LogP contribution in [0, 0.1) is 0 Å². The fraction of sp³-hybridized carbons (Fsp3) is 1.00. The minimum atomic E-state index is -1.88. The summed E-state index contributed by atoms with van der Waals surface area (Å²) in [5.74, 6) is -0.939. The van der Waals surface area contributed by atoms with Gasteiger partial charge >= 0.3 is 0 Å². The molecule has 0 N–H and O–H groups in total. The summed E-state index contributed by atoms with van der Waals surface area (Å²) in [6.45, 7) is 14.5. The minimum absolute atomic E-state index is 0.184. The predicted octanol–water partition coefficient (Wildman–Crippen LogP) is 4.52. The quantitative estimate of drug-likeness (QED) is 0.321. The molecule has 0 rings (SSSR count). The molecule has 0 aliphatic heterocycles. The van der Waals surface area contributed by atoms with Crippen LogP contribution < -0.4 is 0 Å². The standard InChI is InChI=1S/C17H38O5Si/c1-8-12-19-17(20-13-9-2,21-14-10-3)11-15-23(6,7)22-16(4)18-5/h16H,8-15H2,1-7H3. The summed E-state index contributed by atoms with van der Waals surface area (Å²) in [6, 6.07) is 0.887. The van der Waals surface area contributed by atoms with E-state index in [-0.39, 0.29) is 6.29 Å². The Morgan fingerprint density at radius 1 is 0.870 bits per heavy atom. The van der Waals surface area contributed by atoms with E-state index in [1.807, 2.05) is 6.92 Å². The van der Waals surface area contributed by atoms with Gasteiger partial charge in [-0.2, -0.15) is 0 Å². The van der Waals surface area contributed by atoms with Crippen LogP contribution in [0.25, 0.3) is 0 Å². The van der Waals surface area contributed by atoms with Crippen LogP contribution in [-0.4, -0.2) is 47.5 Å². The van der Waals surface area contributed by atoms with Crippen molar-refractivity contribution in [1.29, 1.82) is 0 Å². The van der Waals surface area contributed by atoms with Gasteiger partial charge in [-0.05, 0) is 45.3 Å². The topological polar surface area (TPSA) is 46.2 Å². The second-order valence-electron chi connectivity index (χ2n) is 6.41. The van der Waals surface area contributed by atoms with Crippen LogP contribution in [0.1, 0.15) is 53.4 Å². The van der Waals surface area contributed by atoms with Gasteiger partial charge in [-0.25, -0.2) is 0 Å². The van der Waals surface area contributed by atoms with Gasteiger partial charge in [0.1, 0.15) is 6.29 Å². The molecule has 0 aromatic heterocycles. The van der Waals surface area contributed by atoms with Gasteiger partial charge < -0.3 is 23.4 Å². The van der Waals surface area contributed by atoms with Gasteiger partial charge in [0.25, 0.3) is 5.97 Å². The Morgan fingerprint density at radius 2 is 1.30 bits per heavy atom. The first-order valence-electron chi connectivity index (χ1n) is 8.97. The number of rotatable bonds is 15. The molecule has 1 atom stereocenters. The highest BCUT2D eigenvalue weighted by Gasteiger charge is 2.37. The van der Waals surface area contributed by atoms with Gasteiger partial charge in [-0.1, -0.05) is 20.8 Å². The molecule has 0 spiro atoms. The molecule has 0 aromatic rings. The summed E-state index contributed by atoms with van der Waals surface area (Å²) in [6.07, 6.45) is 3.30. The Balaban J connectivity index is 4.86. The second-order valence-corrected chi connectivity index (χ2v) is 10.7. The summed E-state index contributed by atoms with van der Waals surface area (Å²) < 4.78 is 29.3. The lowest BCUT2D eigenvalue weighted by Gasteiger charge is -2.36. The van der Waals surface area contributed by atoms with E-state index in [0.29, 0.717) is 26.2 Å². The highest BCUT2D eigenvalue weighted by molar-refractivity contribution is 6.71. The van der Waals surface area contributed by atoms with Crippen molar-refractivity contribution in [2.75, 3.05) is 26.9 Å². The molecule has 140 valence electrons. The molecule has 0 amide bonds. The van der Waals surface area contributed by atoms with Crippen molar-refractivity contribution in [3.8, 4) is 0 Å². The lowest BCUT2D eigenvalue weighted by Crippen LogP contribution is -2.44. The molecule has 0 saturated carbocycles. The van der Waals surface area contributed by atoms with E-state index in [1.165, 1.54) is 0 Å². The molecule has 0 aromatic carbocycles. The monoisotopic (exact) mass is 350 g/mol. The van der Waals surface area contributed by atoms with E-state index in [2.05, 4.69) is 33.9 Å². The average molecular weight is 351 g/mol. The first kappa shape index (κ1) is 23.0. The van der Waals surface area contributed by atoms with Crippen molar-refractivity contribution >= 4 is 8.32 Å². The molecule has 6 heteroatoms. The van der Waals surface area contributed by atoms with E-state index in [1.54, 1.807) is 7.11 Å². The Morgan fingerprint density at radius 3 is 1.65 bits per heavy atom. The Kier molecular flexibility index (Phi) is 12.4.